The van der Waals surface area contributed by atoms with Gasteiger partial charge in [-0.2, -0.15) is 0 Å². The topological polar surface area (TPSA) is 94.1 Å². The zero-order chi connectivity index (χ0) is 17.5. The normalized spacial score (nSPS) is 18.2. The third kappa shape index (κ3) is 4.94. The summed E-state index contributed by atoms with van der Waals surface area (Å²) in [7, 11) is 1.41. The molecule has 1 heterocycles. The maximum atomic E-state index is 12.0. The van der Waals surface area contributed by atoms with Gasteiger partial charge in [-0.25, -0.2) is 4.79 Å². The highest BCUT2D eigenvalue weighted by molar-refractivity contribution is 5.91. The molecule has 1 aromatic rings. The Balaban J connectivity index is 1.84. The van der Waals surface area contributed by atoms with Gasteiger partial charge in [-0.15, -0.1) is 0 Å². The molecule has 1 aliphatic heterocycles. The Morgan fingerprint density at radius 3 is 2.88 bits per heavy atom. The number of hydrogen-bond acceptors (Lipinski definition) is 5. The Hall–Kier alpha value is -2.12. The summed E-state index contributed by atoms with van der Waals surface area (Å²) < 4.78 is 16.0. The second kappa shape index (κ2) is 8.65. The number of nitrogens with one attached hydrogen (secondary N) is 1. The fourth-order valence-corrected chi connectivity index (χ4v) is 2.47. The van der Waals surface area contributed by atoms with Crippen LogP contribution in [0.15, 0.2) is 18.2 Å². The van der Waals surface area contributed by atoms with Gasteiger partial charge in [0.2, 0.25) is 5.91 Å². The number of benzene rings is 1. The van der Waals surface area contributed by atoms with E-state index in [1.54, 1.807) is 19.1 Å². The van der Waals surface area contributed by atoms with Crippen LogP contribution in [0.1, 0.15) is 35.7 Å². The van der Waals surface area contributed by atoms with E-state index in [2.05, 4.69) is 5.32 Å². The summed E-state index contributed by atoms with van der Waals surface area (Å²) in [6.45, 7) is 3.05. The number of carboxylic acids is 1. The summed E-state index contributed by atoms with van der Waals surface area (Å²) in [5.41, 5.74) is 0.736. The highest BCUT2D eigenvalue weighted by atomic mass is 16.5. The van der Waals surface area contributed by atoms with Gasteiger partial charge < -0.3 is 24.6 Å². The van der Waals surface area contributed by atoms with Crippen LogP contribution in [0.4, 0.5) is 0 Å². The number of aromatic carboxylic acids is 1. The maximum Gasteiger partial charge on any atom is 0.339 e. The Kier molecular flexibility index (Phi) is 6.57. The SMILES string of the molecule is COc1ccc(CNC(=O)C(C)OCC2CCCO2)cc1C(=O)O. The molecule has 1 aromatic carbocycles. The van der Waals surface area contributed by atoms with Crippen LogP contribution in [-0.2, 0) is 20.8 Å². The van der Waals surface area contributed by atoms with Crippen LogP contribution in [0.3, 0.4) is 0 Å². The van der Waals surface area contributed by atoms with E-state index in [1.807, 2.05) is 0 Å². The Morgan fingerprint density at radius 1 is 1.46 bits per heavy atom. The molecule has 0 saturated carbocycles. The smallest absolute Gasteiger partial charge is 0.339 e. The quantitative estimate of drug-likeness (QED) is 0.748. The third-order valence-corrected chi connectivity index (χ3v) is 3.89. The lowest BCUT2D eigenvalue weighted by molar-refractivity contribution is -0.133. The molecule has 2 unspecified atom stereocenters. The van der Waals surface area contributed by atoms with Gasteiger partial charge in [-0.05, 0) is 37.5 Å². The number of hydrogen-bond donors (Lipinski definition) is 2. The van der Waals surface area contributed by atoms with Crippen LogP contribution >= 0.6 is 0 Å². The van der Waals surface area contributed by atoms with Crippen molar-refractivity contribution in [1.29, 1.82) is 0 Å². The molecule has 0 radical (unpaired) electrons. The van der Waals surface area contributed by atoms with Crippen LogP contribution in [0.25, 0.3) is 0 Å². The number of rotatable bonds is 8. The van der Waals surface area contributed by atoms with Crippen molar-refractivity contribution in [3.05, 3.63) is 29.3 Å². The van der Waals surface area contributed by atoms with Gasteiger partial charge in [0.05, 0.1) is 19.8 Å². The second-order valence-corrected chi connectivity index (χ2v) is 5.67. The molecule has 24 heavy (non-hydrogen) atoms. The van der Waals surface area contributed by atoms with Crippen LogP contribution in [0, 0.1) is 0 Å². The van der Waals surface area contributed by atoms with Crippen molar-refractivity contribution in [1.82, 2.24) is 5.32 Å². The van der Waals surface area contributed by atoms with Gasteiger partial charge in [0.15, 0.2) is 0 Å². The molecule has 0 spiro atoms. The molecule has 1 fully saturated rings. The van der Waals surface area contributed by atoms with E-state index in [4.69, 9.17) is 19.3 Å². The van der Waals surface area contributed by atoms with E-state index in [1.165, 1.54) is 13.2 Å². The average molecular weight is 337 g/mol. The zero-order valence-electron chi connectivity index (χ0n) is 13.9. The first-order valence-electron chi connectivity index (χ1n) is 7.92. The molecule has 1 saturated heterocycles. The van der Waals surface area contributed by atoms with E-state index < -0.39 is 12.1 Å². The standard InChI is InChI=1S/C17H23NO6/c1-11(24-10-13-4-3-7-23-13)16(19)18-9-12-5-6-15(22-2)14(8-12)17(20)21/h5-6,8,11,13H,3-4,7,9-10H2,1-2H3,(H,18,19)(H,20,21). The second-order valence-electron chi connectivity index (χ2n) is 5.67. The molecule has 2 rings (SSSR count). The van der Waals surface area contributed by atoms with Gasteiger partial charge in [0.1, 0.15) is 17.4 Å². The summed E-state index contributed by atoms with van der Waals surface area (Å²) in [6.07, 6.45) is 1.46. The summed E-state index contributed by atoms with van der Waals surface area (Å²) in [5.74, 6) is -1.04. The van der Waals surface area contributed by atoms with E-state index in [0.29, 0.717) is 12.2 Å². The van der Waals surface area contributed by atoms with Crippen molar-refractivity contribution in [3.8, 4) is 5.75 Å². The van der Waals surface area contributed by atoms with Crippen molar-refractivity contribution in [2.75, 3.05) is 20.3 Å². The highest BCUT2D eigenvalue weighted by Crippen LogP contribution is 2.20. The monoisotopic (exact) mass is 337 g/mol. The molecule has 132 valence electrons. The highest BCUT2D eigenvalue weighted by Gasteiger charge is 2.20. The van der Waals surface area contributed by atoms with E-state index in [-0.39, 0.29) is 29.9 Å². The molecule has 1 aliphatic rings. The van der Waals surface area contributed by atoms with Crippen molar-refractivity contribution < 1.29 is 28.9 Å². The predicted octanol–water partition coefficient (Wildman–Crippen LogP) is 1.59. The largest absolute Gasteiger partial charge is 0.496 e. The first kappa shape index (κ1) is 18.2. The lowest BCUT2D eigenvalue weighted by atomic mass is 10.1. The first-order chi connectivity index (χ1) is 11.5. The minimum Gasteiger partial charge on any atom is -0.496 e. The van der Waals surface area contributed by atoms with Crippen molar-refractivity contribution in [3.63, 3.8) is 0 Å². The summed E-state index contributed by atoms with van der Waals surface area (Å²) in [6, 6.07) is 4.77. The van der Waals surface area contributed by atoms with Crippen molar-refractivity contribution in [2.24, 2.45) is 0 Å². The molecular weight excluding hydrogens is 314 g/mol. The van der Waals surface area contributed by atoms with E-state index in [9.17, 15) is 9.59 Å². The lowest BCUT2D eigenvalue weighted by Crippen LogP contribution is -2.35. The molecule has 0 aromatic heterocycles. The number of carbonyl (C=O) groups is 2. The molecule has 7 nitrogen and oxygen atoms in total. The number of ether oxygens (including phenoxy) is 3. The summed E-state index contributed by atoms with van der Waals surface area (Å²) in [4.78, 5) is 23.2. The van der Waals surface area contributed by atoms with Gasteiger partial charge >= 0.3 is 5.97 Å². The number of carboxylic acid groups (broad SMARTS) is 1. The third-order valence-electron chi connectivity index (χ3n) is 3.89. The van der Waals surface area contributed by atoms with Crippen LogP contribution in [0.2, 0.25) is 0 Å². The summed E-state index contributed by atoms with van der Waals surface area (Å²) >= 11 is 0. The van der Waals surface area contributed by atoms with E-state index >= 15 is 0 Å². The molecule has 0 bridgehead atoms. The predicted molar refractivity (Wildman–Crippen MR) is 86.2 cm³/mol. The van der Waals surface area contributed by atoms with Gasteiger partial charge in [0.25, 0.3) is 0 Å². The first-order valence-corrected chi connectivity index (χ1v) is 7.92. The molecule has 1 amide bonds. The lowest BCUT2D eigenvalue weighted by Gasteiger charge is -2.16. The van der Waals surface area contributed by atoms with Crippen LogP contribution in [-0.4, -0.2) is 49.5 Å². The minimum atomic E-state index is -1.08. The van der Waals surface area contributed by atoms with E-state index in [0.717, 1.165) is 19.4 Å². The van der Waals surface area contributed by atoms with Crippen LogP contribution < -0.4 is 10.1 Å². The molecule has 2 atom stereocenters. The van der Waals surface area contributed by atoms with Crippen molar-refractivity contribution >= 4 is 11.9 Å². The zero-order valence-corrected chi connectivity index (χ0v) is 13.9. The van der Waals surface area contributed by atoms with Gasteiger partial charge in [-0.3, -0.25) is 4.79 Å². The number of methoxy groups -OCH3 is 1. The maximum absolute atomic E-state index is 12.0. The number of carbonyl (C=O) groups excluding carboxylic acids is 1. The molecule has 2 N–H and O–H groups in total. The molecule has 7 heteroatoms. The average Bonchev–Trinajstić information content (AvgIpc) is 3.10. The van der Waals surface area contributed by atoms with Gasteiger partial charge in [-0.1, -0.05) is 6.07 Å². The summed E-state index contributed by atoms with van der Waals surface area (Å²) in [5, 5.41) is 11.9. The Morgan fingerprint density at radius 2 is 2.25 bits per heavy atom. The van der Waals surface area contributed by atoms with Gasteiger partial charge in [0, 0.05) is 13.2 Å². The molecule has 0 aliphatic carbocycles. The Bertz CT molecular complexity index is 582. The fraction of sp³-hybridized carbons (Fsp3) is 0.529. The number of amides is 1. The van der Waals surface area contributed by atoms with Crippen molar-refractivity contribution in [2.45, 2.75) is 38.5 Å². The molecular formula is C17H23NO6. The Labute approximate surface area is 140 Å². The fourth-order valence-electron chi connectivity index (χ4n) is 2.47. The van der Waals surface area contributed by atoms with Crippen LogP contribution in [0.5, 0.6) is 5.75 Å². The minimum absolute atomic E-state index is 0.0620.